The van der Waals surface area contributed by atoms with Crippen molar-refractivity contribution >= 4 is 39.1 Å². The number of hydrogen-bond acceptors (Lipinski definition) is 5. The van der Waals surface area contributed by atoms with Gasteiger partial charge in [0.1, 0.15) is 5.75 Å². The summed E-state index contributed by atoms with van der Waals surface area (Å²) < 4.78 is 6.37. The third kappa shape index (κ3) is 3.84. The molecule has 28 heavy (non-hydrogen) atoms. The van der Waals surface area contributed by atoms with Crippen molar-refractivity contribution in [2.24, 2.45) is 5.92 Å². The SMILES string of the molecule is COc1cccc(N2CC(C(=O)NCCc3nc4ccccc4s3)CC2=O)c1. The Bertz CT molecular complexity index is 984. The third-order valence-electron chi connectivity index (χ3n) is 4.84. The second-order valence-corrected chi connectivity index (χ2v) is 7.84. The molecule has 144 valence electrons. The summed E-state index contributed by atoms with van der Waals surface area (Å²) in [5, 5.41) is 3.96. The van der Waals surface area contributed by atoms with E-state index in [4.69, 9.17) is 4.74 Å². The summed E-state index contributed by atoms with van der Waals surface area (Å²) in [6.07, 6.45) is 0.912. The maximum atomic E-state index is 12.5. The van der Waals surface area contributed by atoms with Gasteiger partial charge in [-0.15, -0.1) is 11.3 Å². The maximum absolute atomic E-state index is 12.5. The molecule has 0 spiro atoms. The first-order valence-corrected chi connectivity index (χ1v) is 10.0. The van der Waals surface area contributed by atoms with Crippen molar-refractivity contribution in [2.45, 2.75) is 12.8 Å². The lowest BCUT2D eigenvalue weighted by Crippen LogP contribution is -2.34. The fraction of sp³-hybridized carbons (Fsp3) is 0.286. The molecule has 0 bridgehead atoms. The van der Waals surface area contributed by atoms with Crippen molar-refractivity contribution < 1.29 is 14.3 Å². The molecule has 1 aromatic heterocycles. The van der Waals surface area contributed by atoms with Gasteiger partial charge in [-0.1, -0.05) is 18.2 Å². The lowest BCUT2D eigenvalue weighted by molar-refractivity contribution is -0.126. The smallest absolute Gasteiger partial charge is 0.227 e. The monoisotopic (exact) mass is 395 g/mol. The lowest BCUT2D eigenvalue weighted by atomic mass is 10.1. The molecular formula is C21H21N3O3S. The topological polar surface area (TPSA) is 71.5 Å². The van der Waals surface area contributed by atoms with Crippen LogP contribution < -0.4 is 15.0 Å². The number of benzene rings is 2. The van der Waals surface area contributed by atoms with Crippen molar-refractivity contribution in [1.82, 2.24) is 10.3 Å². The van der Waals surface area contributed by atoms with Crippen LogP contribution in [0.3, 0.4) is 0 Å². The van der Waals surface area contributed by atoms with Crippen LogP contribution in [0, 0.1) is 5.92 Å². The van der Waals surface area contributed by atoms with Gasteiger partial charge >= 0.3 is 0 Å². The molecule has 1 aliphatic heterocycles. The van der Waals surface area contributed by atoms with Crippen LogP contribution in [-0.4, -0.2) is 37.0 Å². The molecule has 1 unspecified atom stereocenters. The number of ether oxygens (including phenoxy) is 1. The van der Waals surface area contributed by atoms with Gasteiger partial charge in [0.05, 0.1) is 28.3 Å². The molecule has 1 atom stereocenters. The van der Waals surface area contributed by atoms with Gasteiger partial charge in [0.25, 0.3) is 0 Å². The number of carbonyl (C=O) groups excluding carboxylic acids is 2. The molecule has 0 radical (unpaired) electrons. The second-order valence-electron chi connectivity index (χ2n) is 6.72. The summed E-state index contributed by atoms with van der Waals surface area (Å²) in [4.78, 5) is 31.1. The van der Waals surface area contributed by atoms with E-state index in [2.05, 4.69) is 10.3 Å². The minimum Gasteiger partial charge on any atom is -0.497 e. The number of methoxy groups -OCH3 is 1. The van der Waals surface area contributed by atoms with Crippen LogP contribution in [-0.2, 0) is 16.0 Å². The van der Waals surface area contributed by atoms with E-state index in [1.54, 1.807) is 23.3 Å². The highest BCUT2D eigenvalue weighted by molar-refractivity contribution is 7.18. The third-order valence-corrected chi connectivity index (χ3v) is 5.93. The molecule has 1 N–H and O–H groups in total. The number of nitrogens with one attached hydrogen (secondary N) is 1. The second kappa shape index (κ2) is 7.98. The normalized spacial score (nSPS) is 16.5. The molecular weight excluding hydrogens is 374 g/mol. The van der Waals surface area contributed by atoms with Crippen LogP contribution in [0.1, 0.15) is 11.4 Å². The van der Waals surface area contributed by atoms with Gasteiger partial charge in [-0.3, -0.25) is 9.59 Å². The zero-order valence-electron chi connectivity index (χ0n) is 15.6. The minimum absolute atomic E-state index is 0.0421. The van der Waals surface area contributed by atoms with Crippen molar-refractivity contribution in [3.8, 4) is 5.75 Å². The first-order chi connectivity index (χ1) is 13.6. The van der Waals surface area contributed by atoms with Gasteiger partial charge in [-0.05, 0) is 24.3 Å². The summed E-state index contributed by atoms with van der Waals surface area (Å²) in [7, 11) is 1.59. The number of rotatable bonds is 6. The van der Waals surface area contributed by atoms with Crippen LogP contribution >= 0.6 is 11.3 Å². The fourth-order valence-electron chi connectivity index (χ4n) is 3.37. The fourth-order valence-corrected chi connectivity index (χ4v) is 4.34. The van der Waals surface area contributed by atoms with Crippen molar-refractivity contribution in [2.75, 3.05) is 25.1 Å². The highest BCUT2D eigenvalue weighted by atomic mass is 32.1. The number of fused-ring (bicyclic) bond motifs is 1. The van der Waals surface area contributed by atoms with E-state index in [0.717, 1.165) is 20.9 Å². The molecule has 0 aliphatic carbocycles. The Kier molecular flexibility index (Phi) is 5.25. The number of anilines is 1. The van der Waals surface area contributed by atoms with Crippen molar-refractivity contribution in [1.29, 1.82) is 0 Å². The first kappa shape index (κ1) is 18.4. The predicted molar refractivity (Wildman–Crippen MR) is 110 cm³/mol. The number of carbonyl (C=O) groups is 2. The number of nitrogens with zero attached hydrogens (tertiary/aromatic N) is 2. The summed E-state index contributed by atoms with van der Waals surface area (Å²) in [5.74, 6) is 0.225. The van der Waals surface area contributed by atoms with Crippen LogP contribution in [0.25, 0.3) is 10.2 Å². The number of hydrogen-bond donors (Lipinski definition) is 1. The number of thiazole rings is 1. The average molecular weight is 395 g/mol. The summed E-state index contributed by atoms with van der Waals surface area (Å²) in [5.41, 5.74) is 1.75. The van der Waals surface area contributed by atoms with Gasteiger partial charge < -0.3 is 15.0 Å². The summed E-state index contributed by atoms with van der Waals surface area (Å²) in [6.45, 7) is 0.904. The molecule has 7 heteroatoms. The van der Waals surface area contributed by atoms with Crippen LogP contribution in [0.15, 0.2) is 48.5 Å². The average Bonchev–Trinajstić information content (AvgIpc) is 3.31. The van der Waals surface area contributed by atoms with Gasteiger partial charge in [0.2, 0.25) is 11.8 Å². The molecule has 1 saturated heterocycles. The Morgan fingerprint density at radius 3 is 2.96 bits per heavy atom. The highest BCUT2D eigenvalue weighted by Crippen LogP contribution is 2.28. The van der Waals surface area contributed by atoms with E-state index in [0.29, 0.717) is 25.3 Å². The zero-order valence-corrected chi connectivity index (χ0v) is 16.4. The van der Waals surface area contributed by atoms with Gasteiger partial charge in [0, 0.05) is 37.7 Å². The maximum Gasteiger partial charge on any atom is 0.227 e. The number of aromatic nitrogens is 1. The Labute approximate surface area is 167 Å². The summed E-state index contributed by atoms with van der Waals surface area (Å²) >= 11 is 1.65. The molecule has 6 nitrogen and oxygen atoms in total. The molecule has 1 fully saturated rings. The standard InChI is InChI=1S/C21H21N3O3S/c1-27-16-6-4-5-15(12-16)24-13-14(11-20(24)25)21(26)22-10-9-19-23-17-7-2-3-8-18(17)28-19/h2-8,12,14H,9-11,13H2,1H3,(H,22,26). The Morgan fingerprint density at radius 2 is 2.14 bits per heavy atom. The summed E-state index contributed by atoms with van der Waals surface area (Å²) in [6, 6.07) is 15.3. The molecule has 2 amide bonds. The Hall–Kier alpha value is -2.93. The van der Waals surface area contributed by atoms with Crippen LogP contribution in [0.5, 0.6) is 5.75 Å². The Balaban J connectivity index is 1.33. The zero-order chi connectivity index (χ0) is 19.5. The van der Waals surface area contributed by atoms with Crippen LogP contribution in [0.2, 0.25) is 0 Å². The molecule has 2 aromatic carbocycles. The molecule has 1 aliphatic rings. The quantitative estimate of drug-likeness (QED) is 0.696. The molecule has 0 saturated carbocycles. The molecule has 3 aromatic rings. The van der Waals surface area contributed by atoms with Crippen LogP contribution in [0.4, 0.5) is 5.69 Å². The van der Waals surface area contributed by atoms with Crippen molar-refractivity contribution in [3.05, 3.63) is 53.5 Å². The first-order valence-electron chi connectivity index (χ1n) is 9.20. The van der Waals surface area contributed by atoms with E-state index in [-0.39, 0.29) is 24.2 Å². The van der Waals surface area contributed by atoms with E-state index in [1.807, 2.05) is 48.5 Å². The predicted octanol–water partition coefficient (Wildman–Crippen LogP) is 3.02. The van der Waals surface area contributed by atoms with Gasteiger partial charge in [-0.2, -0.15) is 0 Å². The highest BCUT2D eigenvalue weighted by Gasteiger charge is 2.35. The van der Waals surface area contributed by atoms with E-state index in [9.17, 15) is 9.59 Å². The molecule has 2 heterocycles. The lowest BCUT2D eigenvalue weighted by Gasteiger charge is -2.17. The van der Waals surface area contributed by atoms with Gasteiger partial charge in [0.15, 0.2) is 0 Å². The molecule has 4 rings (SSSR count). The number of amides is 2. The largest absolute Gasteiger partial charge is 0.497 e. The van der Waals surface area contributed by atoms with E-state index in [1.165, 1.54) is 0 Å². The van der Waals surface area contributed by atoms with E-state index >= 15 is 0 Å². The van der Waals surface area contributed by atoms with Crippen molar-refractivity contribution in [3.63, 3.8) is 0 Å². The van der Waals surface area contributed by atoms with Gasteiger partial charge in [-0.25, -0.2) is 4.98 Å². The Morgan fingerprint density at radius 1 is 1.29 bits per heavy atom. The minimum atomic E-state index is -0.339. The number of para-hydroxylation sites is 1. The van der Waals surface area contributed by atoms with E-state index < -0.39 is 0 Å².